The number of hydrazine groups is 1. The summed E-state index contributed by atoms with van der Waals surface area (Å²) in [7, 11) is 1.89. The van der Waals surface area contributed by atoms with E-state index in [0.29, 0.717) is 6.54 Å². The maximum Gasteiger partial charge on any atom is 0.157 e. The lowest BCUT2D eigenvalue weighted by Gasteiger charge is -2.19. The minimum Gasteiger partial charge on any atom is -0.504 e. The Kier molecular flexibility index (Phi) is 5.21. The van der Waals surface area contributed by atoms with Crippen molar-refractivity contribution >= 4 is 0 Å². The van der Waals surface area contributed by atoms with E-state index in [9.17, 15) is 5.11 Å². The van der Waals surface area contributed by atoms with Crippen LogP contribution in [0.1, 0.15) is 12.5 Å². The molecule has 0 fully saturated rings. The van der Waals surface area contributed by atoms with Crippen LogP contribution in [0.5, 0.6) is 11.5 Å². The number of benzene rings is 1. The van der Waals surface area contributed by atoms with Crippen LogP contribution in [0.15, 0.2) is 18.2 Å². The first-order valence-electron chi connectivity index (χ1n) is 5.62. The second-order valence-corrected chi connectivity index (χ2v) is 4.21. The summed E-state index contributed by atoms with van der Waals surface area (Å²) < 4.78 is 0. The Morgan fingerprint density at radius 2 is 2.00 bits per heavy atom. The number of nitrogens with zero attached hydrogens (tertiary/aromatic N) is 1. The smallest absolute Gasteiger partial charge is 0.157 e. The Balaban J connectivity index is 2.36. The fourth-order valence-corrected chi connectivity index (χ4v) is 1.39. The number of nitrogens with one attached hydrogen (secondary N) is 1. The van der Waals surface area contributed by atoms with E-state index in [2.05, 4.69) is 5.43 Å². The first-order valence-corrected chi connectivity index (χ1v) is 5.62. The van der Waals surface area contributed by atoms with E-state index in [-0.39, 0.29) is 17.6 Å². The number of aliphatic hydroxyl groups excluding tert-OH is 1. The molecular formula is C12H20N2O3. The van der Waals surface area contributed by atoms with Crippen LogP contribution in [0, 0.1) is 0 Å². The fraction of sp³-hybridized carbons (Fsp3) is 0.500. The zero-order valence-corrected chi connectivity index (χ0v) is 10.2. The van der Waals surface area contributed by atoms with E-state index in [1.54, 1.807) is 19.1 Å². The zero-order chi connectivity index (χ0) is 12.8. The van der Waals surface area contributed by atoms with Crippen molar-refractivity contribution in [3.05, 3.63) is 23.8 Å². The van der Waals surface area contributed by atoms with Crippen molar-refractivity contribution in [3.8, 4) is 11.5 Å². The molecule has 0 heterocycles. The Hall–Kier alpha value is -1.30. The minimum atomic E-state index is -0.379. The van der Waals surface area contributed by atoms with Crippen molar-refractivity contribution in [1.29, 1.82) is 0 Å². The summed E-state index contributed by atoms with van der Waals surface area (Å²) >= 11 is 0. The largest absolute Gasteiger partial charge is 0.504 e. The van der Waals surface area contributed by atoms with Gasteiger partial charge in [0.15, 0.2) is 11.5 Å². The van der Waals surface area contributed by atoms with Gasteiger partial charge in [0.05, 0.1) is 6.10 Å². The predicted octanol–water partition coefficient (Wildman–Crippen LogP) is 0.458. The molecule has 0 aliphatic heterocycles. The average molecular weight is 240 g/mol. The molecule has 5 heteroatoms. The lowest BCUT2D eigenvalue weighted by Crippen LogP contribution is -2.39. The van der Waals surface area contributed by atoms with Crippen LogP contribution in [0.25, 0.3) is 0 Å². The lowest BCUT2D eigenvalue weighted by molar-refractivity contribution is 0.142. The van der Waals surface area contributed by atoms with Crippen LogP contribution >= 0.6 is 0 Å². The summed E-state index contributed by atoms with van der Waals surface area (Å²) in [5, 5.41) is 29.5. The molecule has 1 atom stereocenters. The molecule has 96 valence electrons. The van der Waals surface area contributed by atoms with Gasteiger partial charge in [-0.05, 0) is 31.0 Å². The molecular weight excluding hydrogens is 220 g/mol. The van der Waals surface area contributed by atoms with Crippen LogP contribution in [-0.2, 0) is 6.42 Å². The third-order valence-corrected chi connectivity index (χ3v) is 2.43. The van der Waals surface area contributed by atoms with Gasteiger partial charge in [-0.3, -0.25) is 5.43 Å². The number of hydrogen-bond donors (Lipinski definition) is 4. The summed E-state index contributed by atoms with van der Waals surface area (Å²) in [6.07, 6.45) is 0.368. The third kappa shape index (κ3) is 5.04. The highest BCUT2D eigenvalue weighted by atomic mass is 16.3. The van der Waals surface area contributed by atoms with Gasteiger partial charge in [-0.25, -0.2) is 5.01 Å². The molecule has 0 saturated heterocycles. The normalized spacial score (nSPS) is 12.9. The van der Waals surface area contributed by atoms with Crippen molar-refractivity contribution in [2.75, 3.05) is 20.1 Å². The molecule has 0 aliphatic rings. The molecule has 0 aliphatic carbocycles. The minimum absolute atomic E-state index is 0.0953. The number of rotatable bonds is 6. The standard InChI is InChI=1S/C12H20N2O3/c1-9(15)8-13-14(2)6-5-10-3-4-11(16)12(17)7-10/h3-4,7,9,13,15-17H,5-6,8H2,1-2H3/t9-/m1/s1. The van der Waals surface area contributed by atoms with Crippen LogP contribution in [0.3, 0.4) is 0 Å². The van der Waals surface area contributed by atoms with Crippen LogP contribution < -0.4 is 5.43 Å². The van der Waals surface area contributed by atoms with E-state index in [4.69, 9.17) is 10.2 Å². The molecule has 0 saturated carbocycles. The SMILES string of the molecule is C[C@@H](O)CNN(C)CCc1ccc(O)c(O)c1. The van der Waals surface area contributed by atoms with Gasteiger partial charge in [-0.2, -0.15) is 0 Å². The molecule has 0 spiro atoms. The first-order chi connectivity index (χ1) is 7.99. The fourth-order valence-electron chi connectivity index (χ4n) is 1.39. The highest BCUT2D eigenvalue weighted by Gasteiger charge is 2.03. The molecule has 5 nitrogen and oxygen atoms in total. The number of hydrogen-bond acceptors (Lipinski definition) is 5. The van der Waals surface area contributed by atoms with E-state index in [1.807, 2.05) is 12.1 Å². The van der Waals surface area contributed by atoms with Gasteiger partial charge in [-0.15, -0.1) is 0 Å². The van der Waals surface area contributed by atoms with E-state index in [0.717, 1.165) is 18.5 Å². The third-order valence-electron chi connectivity index (χ3n) is 2.43. The van der Waals surface area contributed by atoms with Crippen LogP contribution in [0.4, 0.5) is 0 Å². The van der Waals surface area contributed by atoms with Gasteiger partial charge < -0.3 is 15.3 Å². The highest BCUT2D eigenvalue weighted by molar-refractivity contribution is 5.40. The molecule has 0 unspecified atom stereocenters. The van der Waals surface area contributed by atoms with E-state index in [1.165, 1.54) is 6.07 Å². The summed E-state index contributed by atoms with van der Waals surface area (Å²) in [6.45, 7) is 2.98. The van der Waals surface area contributed by atoms with E-state index >= 15 is 0 Å². The lowest BCUT2D eigenvalue weighted by atomic mass is 10.1. The van der Waals surface area contributed by atoms with Crippen molar-refractivity contribution < 1.29 is 15.3 Å². The van der Waals surface area contributed by atoms with Gasteiger partial charge in [0.25, 0.3) is 0 Å². The summed E-state index contributed by atoms with van der Waals surface area (Å²) in [4.78, 5) is 0. The number of phenols is 2. The van der Waals surface area contributed by atoms with Gasteiger partial charge in [0, 0.05) is 20.1 Å². The Morgan fingerprint density at radius 3 is 2.59 bits per heavy atom. The van der Waals surface area contributed by atoms with Crippen molar-refractivity contribution in [3.63, 3.8) is 0 Å². The van der Waals surface area contributed by atoms with Gasteiger partial charge in [-0.1, -0.05) is 6.07 Å². The summed E-state index contributed by atoms with van der Waals surface area (Å²) in [5.74, 6) is -0.198. The molecule has 17 heavy (non-hydrogen) atoms. The maximum atomic E-state index is 9.33. The van der Waals surface area contributed by atoms with E-state index < -0.39 is 0 Å². The summed E-state index contributed by atoms with van der Waals surface area (Å²) in [6, 6.07) is 4.81. The monoisotopic (exact) mass is 240 g/mol. The second-order valence-electron chi connectivity index (χ2n) is 4.21. The Bertz CT molecular complexity index is 356. The summed E-state index contributed by atoms with van der Waals surface area (Å²) in [5.41, 5.74) is 4.00. The highest BCUT2D eigenvalue weighted by Crippen LogP contribution is 2.24. The Morgan fingerprint density at radius 1 is 1.29 bits per heavy atom. The van der Waals surface area contributed by atoms with Crippen molar-refractivity contribution in [1.82, 2.24) is 10.4 Å². The number of aliphatic hydroxyl groups is 1. The van der Waals surface area contributed by atoms with Crippen molar-refractivity contribution in [2.24, 2.45) is 0 Å². The average Bonchev–Trinajstić information content (AvgIpc) is 2.28. The maximum absolute atomic E-state index is 9.33. The Labute approximate surface area is 101 Å². The second kappa shape index (κ2) is 6.44. The quantitative estimate of drug-likeness (QED) is 0.429. The molecule has 1 aromatic rings. The number of aromatic hydroxyl groups is 2. The number of likely N-dealkylation sites (N-methyl/N-ethyl adjacent to an activating group) is 1. The van der Waals surface area contributed by atoms with Gasteiger partial charge in [0.1, 0.15) is 0 Å². The molecule has 0 amide bonds. The van der Waals surface area contributed by atoms with Crippen LogP contribution in [0.2, 0.25) is 0 Å². The van der Waals surface area contributed by atoms with Crippen LogP contribution in [-0.4, -0.2) is 46.6 Å². The molecule has 4 N–H and O–H groups in total. The zero-order valence-electron chi connectivity index (χ0n) is 10.2. The van der Waals surface area contributed by atoms with Crippen molar-refractivity contribution in [2.45, 2.75) is 19.4 Å². The molecule has 0 radical (unpaired) electrons. The number of phenolic OH excluding ortho intramolecular Hbond substituents is 2. The molecule has 0 aromatic heterocycles. The van der Waals surface area contributed by atoms with Gasteiger partial charge in [0.2, 0.25) is 0 Å². The first kappa shape index (κ1) is 13.8. The predicted molar refractivity (Wildman–Crippen MR) is 65.8 cm³/mol. The topological polar surface area (TPSA) is 76.0 Å². The molecule has 1 rings (SSSR count). The molecule has 0 bridgehead atoms. The van der Waals surface area contributed by atoms with Gasteiger partial charge >= 0.3 is 0 Å². The molecule has 1 aromatic carbocycles.